The van der Waals surface area contributed by atoms with Crippen molar-refractivity contribution in [2.75, 3.05) is 0 Å². The first kappa shape index (κ1) is 13.7. The predicted molar refractivity (Wildman–Crippen MR) is 67.6 cm³/mol. The largest absolute Gasteiger partial charge is 0.368 e. The van der Waals surface area contributed by atoms with Gasteiger partial charge in [0.05, 0.1) is 0 Å². The molecule has 0 fully saturated rings. The minimum Gasteiger partial charge on any atom is -0.368 e. The number of carbonyl (C=O) groups excluding carboxylic acids is 1. The van der Waals surface area contributed by atoms with Crippen LogP contribution in [-0.2, 0) is 11.3 Å². The first-order valence-corrected chi connectivity index (χ1v) is 5.98. The fraction of sp³-hybridized carbons (Fsp3) is 0.667. The monoisotopic (exact) mass is 238 g/mol. The Balaban J connectivity index is 2.79. The lowest BCUT2D eigenvalue weighted by Crippen LogP contribution is -2.47. The second kappa shape index (κ2) is 5.82. The van der Waals surface area contributed by atoms with E-state index in [1.54, 1.807) is 6.20 Å². The highest BCUT2D eigenvalue weighted by Gasteiger charge is 2.18. The molecule has 0 saturated heterocycles. The van der Waals surface area contributed by atoms with Gasteiger partial charge in [-0.2, -0.15) is 0 Å². The molecule has 0 bridgehead atoms. The van der Waals surface area contributed by atoms with Crippen LogP contribution in [0.25, 0.3) is 0 Å². The van der Waals surface area contributed by atoms with Crippen molar-refractivity contribution >= 4 is 5.91 Å². The van der Waals surface area contributed by atoms with Gasteiger partial charge in [-0.05, 0) is 0 Å². The van der Waals surface area contributed by atoms with E-state index >= 15 is 0 Å². The van der Waals surface area contributed by atoms with Crippen molar-refractivity contribution in [3.8, 4) is 0 Å². The zero-order valence-corrected chi connectivity index (χ0v) is 11.0. The topological polar surface area (TPSA) is 72.9 Å². The number of nitrogens with zero attached hydrogens (tertiary/aromatic N) is 2. The number of amides is 1. The summed E-state index contributed by atoms with van der Waals surface area (Å²) >= 11 is 0. The Morgan fingerprint density at radius 3 is 2.59 bits per heavy atom. The summed E-state index contributed by atoms with van der Waals surface area (Å²) in [5.74, 6) is 0.974. The summed E-state index contributed by atoms with van der Waals surface area (Å²) in [6.07, 6.45) is 3.63. The van der Waals surface area contributed by atoms with Gasteiger partial charge in [0.1, 0.15) is 11.9 Å². The van der Waals surface area contributed by atoms with Crippen LogP contribution in [0.2, 0.25) is 0 Å². The van der Waals surface area contributed by atoms with E-state index < -0.39 is 0 Å². The maximum atomic E-state index is 11.4. The Hall–Kier alpha value is -1.36. The molecule has 0 aromatic carbocycles. The van der Waals surface area contributed by atoms with E-state index in [2.05, 4.69) is 24.1 Å². The van der Waals surface area contributed by atoms with Gasteiger partial charge in [-0.15, -0.1) is 0 Å². The Morgan fingerprint density at radius 1 is 1.47 bits per heavy atom. The van der Waals surface area contributed by atoms with Crippen molar-refractivity contribution in [2.45, 2.75) is 52.2 Å². The van der Waals surface area contributed by atoms with E-state index in [0.717, 1.165) is 5.82 Å². The number of nitrogens with two attached hydrogens (primary N) is 1. The molecule has 96 valence electrons. The average molecular weight is 238 g/mol. The number of nitrogens with one attached hydrogen (secondary N) is 1. The Kier molecular flexibility index (Phi) is 4.69. The third-order valence-corrected chi connectivity index (χ3v) is 2.52. The molecular formula is C12H22N4O. The smallest absolute Gasteiger partial charge is 0.236 e. The summed E-state index contributed by atoms with van der Waals surface area (Å²) in [5, 5.41) is 3.16. The molecule has 1 amide bonds. The fourth-order valence-corrected chi connectivity index (χ4v) is 1.80. The van der Waals surface area contributed by atoms with Crippen LogP contribution >= 0.6 is 0 Å². The summed E-state index contributed by atoms with van der Waals surface area (Å²) in [7, 11) is 0. The molecule has 5 heteroatoms. The maximum Gasteiger partial charge on any atom is 0.236 e. The van der Waals surface area contributed by atoms with Crippen LogP contribution in [0.1, 0.15) is 39.4 Å². The van der Waals surface area contributed by atoms with Gasteiger partial charge in [-0.1, -0.05) is 27.7 Å². The lowest BCUT2D eigenvalue weighted by Gasteiger charge is -2.20. The lowest BCUT2D eigenvalue weighted by atomic mass is 10.2. The third-order valence-electron chi connectivity index (χ3n) is 2.52. The first-order valence-electron chi connectivity index (χ1n) is 5.98. The molecule has 1 unspecified atom stereocenters. The number of imidazole rings is 1. The van der Waals surface area contributed by atoms with Crippen molar-refractivity contribution < 1.29 is 4.79 Å². The molecular weight excluding hydrogens is 216 g/mol. The molecule has 1 heterocycles. The lowest BCUT2D eigenvalue weighted by molar-refractivity contribution is -0.120. The van der Waals surface area contributed by atoms with Crippen LogP contribution in [0.4, 0.5) is 0 Å². The third kappa shape index (κ3) is 3.85. The highest BCUT2D eigenvalue weighted by atomic mass is 16.1. The average Bonchev–Trinajstić information content (AvgIpc) is 2.63. The molecule has 0 aliphatic rings. The van der Waals surface area contributed by atoms with Crippen molar-refractivity contribution in [3.05, 3.63) is 18.2 Å². The molecule has 0 aliphatic heterocycles. The van der Waals surface area contributed by atoms with Crippen molar-refractivity contribution in [3.63, 3.8) is 0 Å². The first-order chi connectivity index (χ1) is 7.91. The number of hydrogen-bond acceptors (Lipinski definition) is 3. The van der Waals surface area contributed by atoms with Crippen LogP contribution < -0.4 is 11.1 Å². The van der Waals surface area contributed by atoms with E-state index in [9.17, 15) is 4.79 Å². The molecule has 1 aromatic rings. The normalized spacial score (nSPS) is 13.3. The van der Waals surface area contributed by atoms with Crippen LogP contribution in [0.3, 0.4) is 0 Å². The van der Waals surface area contributed by atoms with E-state index in [1.165, 1.54) is 0 Å². The highest BCUT2D eigenvalue weighted by molar-refractivity contribution is 5.79. The van der Waals surface area contributed by atoms with Crippen LogP contribution in [0.5, 0.6) is 0 Å². The summed E-state index contributed by atoms with van der Waals surface area (Å²) in [5.41, 5.74) is 5.39. The zero-order chi connectivity index (χ0) is 13.0. The second-order valence-electron chi connectivity index (χ2n) is 4.87. The van der Waals surface area contributed by atoms with Gasteiger partial charge in [0.2, 0.25) is 5.91 Å². The molecule has 0 saturated carbocycles. The summed E-state index contributed by atoms with van der Waals surface area (Å²) in [6.45, 7) is 8.67. The molecule has 1 aromatic heterocycles. The quantitative estimate of drug-likeness (QED) is 0.772. The standard InChI is InChI=1S/C12H22N4O/c1-8(2)12-14-5-6-16(12)7-10(11(13)17)15-9(3)4/h5-6,8-10,15H,7H2,1-4H3,(H2,13,17). The van der Waals surface area contributed by atoms with Gasteiger partial charge in [0.15, 0.2) is 0 Å². The van der Waals surface area contributed by atoms with Gasteiger partial charge >= 0.3 is 0 Å². The van der Waals surface area contributed by atoms with Crippen LogP contribution in [-0.4, -0.2) is 27.5 Å². The SMILES string of the molecule is CC(C)NC(Cn1ccnc1C(C)C)C(N)=O. The Bertz CT molecular complexity index is 370. The van der Waals surface area contributed by atoms with E-state index in [4.69, 9.17) is 5.73 Å². The molecule has 1 rings (SSSR count). The minimum absolute atomic E-state index is 0.221. The summed E-state index contributed by atoms with van der Waals surface area (Å²) < 4.78 is 1.98. The molecule has 17 heavy (non-hydrogen) atoms. The second-order valence-corrected chi connectivity index (χ2v) is 4.87. The van der Waals surface area contributed by atoms with E-state index in [0.29, 0.717) is 12.5 Å². The Labute approximate surface area is 102 Å². The van der Waals surface area contributed by atoms with E-state index in [1.807, 2.05) is 24.6 Å². The van der Waals surface area contributed by atoms with Crippen LogP contribution in [0.15, 0.2) is 12.4 Å². The van der Waals surface area contributed by atoms with Gasteiger partial charge in [-0.3, -0.25) is 4.79 Å². The number of hydrogen-bond donors (Lipinski definition) is 2. The van der Waals surface area contributed by atoms with Gasteiger partial charge < -0.3 is 15.6 Å². The maximum absolute atomic E-state index is 11.4. The van der Waals surface area contributed by atoms with Crippen molar-refractivity contribution in [1.29, 1.82) is 0 Å². The summed E-state index contributed by atoms with van der Waals surface area (Å²) in [6, 6.07) is -0.139. The van der Waals surface area contributed by atoms with Crippen molar-refractivity contribution in [2.24, 2.45) is 5.73 Å². The molecule has 3 N–H and O–H groups in total. The molecule has 0 spiro atoms. The number of rotatable bonds is 6. The Morgan fingerprint density at radius 2 is 2.12 bits per heavy atom. The van der Waals surface area contributed by atoms with Gasteiger partial charge in [-0.25, -0.2) is 4.98 Å². The fourth-order valence-electron chi connectivity index (χ4n) is 1.80. The van der Waals surface area contributed by atoms with Crippen LogP contribution in [0, 0.1) is 0 Å². The molecule has 0 aliphatic carbocycles. The molecule has 5 nitrogen and oxygen atoms in total. The predicted octanol–water partition coefficient (Wildman–Crippen LogP) is 0.858. The highest BCUT2D eigenvalue weighted by Crippen LogP contribution is 2.12. The van der Waals surface area contributed by atoms with Crippen molar-refractivity contribution in [1.82, 2.24) is 14.9 Å². The molecule has 0 radical (unpaired) electrons. The van der Waals surface area contributed by atoms with Gasteiger partial charge in [0.25, 0.3) is 0 Å². The van der Waals surface area contributed by atoms with Gasteiger partial charge in [0, 0.05) is 30.9 Å². The van der Waals surface area contributed by atoms with E-state index in [-0.39, 0.29) is 18.0 Å². The summed E-state index contributed by atoms with van der Waals surface area (Å²) in [4.78, 5) is 15.7. The number of primary amides is 1. The minimum atomic E-state index is -0.360. The zero-order valence-electron chi connectivity index (χ0n) is 11.0. The number of aromatic nitrogens is 2. The number of carbonyl (C=O) groups is 1. The molecule has 1 atom stereocenters.